The minimum absolute atomic E-state index is 0.106. The summed E-state index contributed by atoms with van der Waals surface area (Å²) in [5.74, 6) is -0.300. The highest BCUT2D eigenvalue weighted by Crippen LogP contribution is 2.37. The fraction of sp³-hybridized carbons (Fsp3) is 0.429. The molecule has 8 heteroatoms. The average Bonchev–Trinajstić information content (AvgIpc) is 2.54. The first-order valence-corrected chi connectivity index (χ1v) is 7.92. The van der Waals surface area contributed by atoms with Gasteiger partial charge in [0, 0.05) is 43.4 Å². The Balaban J connectivity index is 2.61. The number of amides is 2. The van der Waals surface area contributed by atoms with Gasteiger partial charge in [-0.3, -0.25) is 19.7 Å². The van der Waals surface area contributed by atoms with E-state index in [4.69, 9.17) is 0 Å². The molecule has 0 fully saturated rings. The predicted molar refractivity (Wildman–Crippen MR) is 86.5 cm³/mol. The minimum Gasteiger partial charge on any atom is -0.313 e. The van der Waals surface area contributed by atoms with Crippen LogP contribution < -0.4 is 9.80 Å². The maximum atomic E-state index is 12.4. The van der Waals surface area contributed by atoms with Gasteiger partial charge in [0.25, 0.3) is 5.69 Å². The van der Waals surface area contributed by atoms with Crippen LogP contribution in [0.5, 0.6) is 0 Å². The van der Waals surface area contributed by atoms with Crippen LogP contribution in [0.4, 0.5) is 17.1 Å². The van der Waals surface area contributed by atoms with Gasteiger partial charge in [0.2, 0.25) is 11.8 Å². The van der Waals surface area contributed by atoms with Gasteiger partial charge < -0.3 is 9.80 Å². The fourth-order valence-electron chi connectivity index (χ4n) is 2.54. The summed E-state index contributed by atoms with van der Waals surface area (Å²) in [6.45, 7) is 1.77. The van der Waals surface area contributed by atoms with E-state index >= 15 is 0 Å². The van der Waals surface area contributed by atoms with Gasteiger partial charge in [-0.2, -0.15) is 0 Å². The van der Waals surface area contributed by atoms with Crippen LogP contribution in [0.3, 0.4) is 0 Å². The second kappa shape index (κ2) is 6.43. The first kappa shape index (κ1) is 16.4. The van der Waals surface area contributed by atoms with Crippen molar-refractivity contribution in [1.82, 2.24) is 0 Å². The van der Waals surface area contributed by atoms with E-state index in [-0.39, 0.29) is 36.4 Å². The lowest BCUT2D eigenvalue weighted by Crippen LogP contribution is -2.39. The average molecular weight is 370 g/mol. The Labute approximate surface area is 136 Å². The molecule has 1 aromatic carbocycles. The number of halogens is 1. The summed E-state index contributed by atoms with van der Waals surface area (Å²) in [6, 6.07) is 3.85. The van der Waals surface area contributed by atoms with Crippen molar-refractivity contribution in [1.29, 1.82) is 0 Å². The van der Waals surface area contributed by atoms with Crippen molar-refractivity contribution < 1.29 is 14.5 Å². The minimum atomic E-state index is -0.509. The molecule has 1 aliphatic heterocycles. The second-order valence-corrected chi connectivity index (χ2v) is 5.93. The summed E-state index contributed by atoms with van der Waals surface area (Å²) >= 11 is 3.22. The zero-order valence-electron chi connectivity index (χ0n) is 12.3. The summed E-state index contributed by atoms with van der Waals surface area (Å²) in [5.41, 5.74) is 0.800. The van der Waals surface area contributed by atoms with Crippen molar-refractivity contribution in [2.24, 2.45) is 0 Å². The van der Waals surface area contributed by atoms with Crippen LogP contribution in [0.1, 0.15) is 19.8 Å². The smallest absolute Gasteiger partial charge is 0.271 e. The maximum absolute atomic E-state index is 12.4. The molecular weight excluding hydrogens is 354 g/mol. The number of fused-ring (bicyclic) bond motifs is 1. The summed E-state index contributed by atoms with van der Waals surface area (Å²) < 4.78 is 0. The third kappa shape index (κ3) is 2.96. The van der Waals surface area contributed by atoms with Crippen molar-refractivity contribution in [3.8, 4) is 0 Å². The molecule has 1 aromatic rings. The van der Waals surface area contributed by atoms with Gasteiger partial charge in [0.15, 0.2) is 0 Å². The lowest BCUT2D eigenvalue weighted by Gasteiger charge is -2.27. The Hall–Kier alpha value is -1.96. The van der Waals surface area contributed by atoms with Gasteiger partial charge in [0.1, 0.15) is 0 Å². The Bertz CT molecular complexity index is 635. The molecule has 0 saturated heterocycles. The van der Waals surface area contributed by atoms with Crippen molar-refractivity contribution in [2.45, 2.75) is 25.8 Å². The number of anilines is 2. The lowest BCUT2D eigenvalue weighted by molar-refractivity contribution is -0.384. The molecule has 0 spiro atoms. The Morgan fingerprint density at radius 1 is 1.45 bits per heavy atom. The van der Waals surface area contributed by atoms with Crippen molar-refractivity contribution in [2.75, 3.05) is 22.2 Å². The van der Waals surface area contributed by atoms with Crippen molar-refractivity contribution >= 4 is 44.8 Å². The quantitative estimate of drug-likeness (QED) is 0.465. The van der Waals surface area contributed by atoms with Gasteiger partial charge in [-0.25, -0.2) is 0 Å². The van der Waals surface area contributed by atoms with Crippen LogP contribution in [0.25, 0.3) is 0 Å². The molecule has 1 atom stereocenters. The zero-order valence-corrected chi connectivity index (χ0v) is 13.9. The predicted octanol–water partition coefficient (Wildman–Crippen LogP) is 2.47. The number of nitro benzene ring substituents is 1. The molecule has 0 bridgehead atoms. The zero-order chi connectivity index (χ0) is 16.4. The van der Waals surface area contributed by atoms with E-state index in [1.54, 1.807) is 14.0 Å². The lowest BCUT2D eigenvalue weighted by atomic mass is 10.1. The number of carbonyl (C=O) groups is 2. The van der Waals surface area contributed by atoms with Gasteiger partial charge in [-0.1, -0.05) is 15.9 Å². The van der Waals surface area contributed by atoms with Gasteiger partial charge in [-0.05, 0) is 13.0 Å². The Morgan fingerprint density at radius 3 is 2.73 bits per heavy atom. The molecule has 22 heavy (non-hydrogen) atoms. The number of non-ortho nitro benzene ring substituents is 1. The molecule has 1 aliphatic rings. The molecule has 0 aromatic heterocycles. The number of rotatable bonds is 3. The number of nitro groups is 1. The van der Waals surface area contributed by atoms with Crippen LogP contribution >= 0.6 is 15.9 Å². The monoisotopic (exact) mass is 369 g/mol. The van der Waals surface area contributed by atoms with Gasteiger partial charge >= 0.3 is 0 Å². The van der Waals surface area contributed by atoms with Crippen LogP contribution in [0.15, 0.2) is 18.2 Å². The Kier molecular flexibility index (Phi) is 4.80. The van der Waals surface area contributed by atoms with E-state index in [1.165, 1.54) is 28.0 Å². The number of hydrogen-bond donors (Lipinski definition) is 0. The number of benzene rings is 1. The molecule has 118 valence electrons. The number of hydrogen-bond acceptors (Lipinski definition) is 4. The van der Waals surface area contributed by atoms with Crippen LogP contribution in [0.2, 0.25) is 0 Å². The SMILES string of the molecule is C[C@H]1CC(=O)N(C)c2ccc([N+](=O)[O-])cc2N1C(=O)CCBr. The topological polar surface area (TPSA) is 83.8 Å². The van der Waals surface area contributed by atoms with E-state index in [1.807, 2.05) is 0 Å². The number of alkyl halides is 1. The van der Waals surface area contributed by atoms with E-state index in [2.05, 4.69) is 15.9 Å². The Morgan fingerprint density at radius 2 is 2.14 bits per heavy atom. The number of carbonyl (C=O) groups excluding carboxylic acids is 2. The molecule has 0 aliphatic carbocycles. The van der Waals surface area contributed by atoms with Gasteiger partial charge in [0.05, 0.1) is 16.3 Å². The van der Waals surface area contributed by atoms with Gasteiger partial charge in [-0.15, -0.1) is 0 Å². The highest BCUT2D eigenvalue weighted by Gasteiger charge is 2.33. The second-order valence-electron chi connectivity index (χ2n) is 5.14. The molecule has 2 amide bonds. The normalized spacial score (nSPS) is 18.0. The molecule has 0 N–H and O–H groups in total. The molecule has 7 nitrogen and oxygen atoms in total. The molecule has 0 unspecified atom stereocenters. The third-order valence-electron chi connectivity index (χ3n) is 3.65. The fourth-order valence-corrected chi connectivity index (χ4v) is 2.88. The molecular formula is C14H16BrN3O4. The highest BCUT2D eigenvalue weighted by atomic mass is 79.9. The van der Waals surface area contributed by atoms with E-state index < -0.39 is 4.92 Å². The summed E-state index contributed by atoms with van der Waals surface area (Å²) in [7, 11) is 1.61. The van der Waals surface area contributed by atoms with Crippen molar-refractivity contribution in [3.05, 3.63) is 28.3 Å². The first-order chi connectivity index (χ1) is 10.4. The molecule has 0 saturated carbocycles. The van der Waals surface area contributed by atoms with Crippen LogP contribution in [-0.2, 0) is 9.59 Å². The summed E-state index contributed by atoms with van der Waals surface area (Å²) in [4.78, 5) is 38.0. The van der Waals surface area contributed by atoms with Crippen LogP contribution in [0, 0.1) is 10.1 Å². The largest absolute Gasteiger partial charge is 0.313 e. The first-order valence-electron chi connectivity index (χ1n) is 6.79. The molecule has 0 radical (unpaired) electrons. The van der Waals surface area contributed by atoms with E-state index in [9.17, 15) is 19.7 Å². The highest BCUT2D eigenvalue weighted by molar-refractivity contribution is 9.09. The maximum Gasteiger partial charge on any atom is 0.271 e. The molecule has 2 rings (SSSR count). The third-order valence-corrected chi connectivity index (χ3v) is 4.05. The van der Waals surface area contributed by atoms with E-state index in [0.717, 1.165) is 0 Å². The van der Waals surface area contributed by atoms with E-state index in [0.29, 0.717) is 16.7 Å². The molecule has 1 heterocycles. The summed E-state index contributed by atoms with van der Waals surface area (Å²) in [5, 5.41) is 11.5. The standard InChI is InChI=1S/C14H16BrN3O4/c1-9-7-14(20)16(2)11-4-3-10(18(21)22)8-12(11)17(9)13(19)5-6-15/h3-4,8-9H,5-7H2,1-2H3/t9-/m0/s1. The summed E-state index contributed by atoms with van der Waals surface area (Å²) in [6.07, 6.45) is 0.428. The van der Waals surface area contributed by atoms with Crippen LogP contribution in [-0.4, -0.2) is 35.2 Å². The number of nitrogens with zero attached hydrogens (tertiary/aromatic N) is 3. The van der Waals surface area contributed by atoms with Crippen molar-refractivity contribution in [3.63, 3.8) is 0 Å².